The maximum absolute atomic E-state index is 13.9. The summed E-state index contributed by atoms with van der Waals surface area (Å²) >= 11 is 3.64. The van der Waals surface area contributed by atoms with Crippen LogP contribution in [0.15, 0.2) is 58.3 Å². The van der Waals surface area contributed by atoms with Crippen LogP contribution in [0, 0.1) is 0 Å². The molecule has 11 heteroatoms. The van der Waals surface area contributed by atoms with Gasteiger partial charge < -0.3 is 16.2 Å². The van der Waals surface area contributed by atoms with Crippen LogP contribution in [0.25, 0.3) is 22.3 Å². The predicted molar refractivity (Wildman–Crippen MR) is 137 cm³/mol. The SMILES string of the molecule is CC(C)Nc1c(N)cnc2c1c(Br)c(-c1cnn(CC(C)(C)O)c1)n2S(=O)(=O)c1ccccc1. The van der Waals surface area contributed by atoms with Gasteiger partial charge in [-0.1, -0.05) is 18.2 Å². The number of pyridine rings is 1. The van der Waals surface area contributed by atoms with Gasteiger partial charge in [-0.2, -0.15) is 5.10 Å². The van der Waals surface area contributed by atoms with Gasteiger partial charge >= 0.3 is 0 Å². The number of aliphatic hydroxyl groups is 1. The zero-order valence-corrected chi connectivity index (χ0v) is 21.7. The molecule has 180 valence electrons. The number of halogens is 1. The zero-order chi connectivity index (χ0) is 24.8. The molecule has 0 amide bonds. The Hall–Kier alpha value is -2.89. The van der Waals surface area contributed by atoms with Gasteiger partial charge in [-0.3, -0.25) is 4.68 Å². The Bertz CT molecular complexity index is 1450. The summed E-state index contributed by atoms with van der Waals surface area (Å²) in [5.74, 6) is 0. The van der Waals surface area contributed by atoms with E-state index in [9.17, 15) is 13.5 Å². The summed E-state index contributed by atoms with van der Waals surface area (Å²) in [6, 6.07) is 8.24. The molecule has 0 aliphatic heterocycles. The first-order valence-corrected chi connectivity index (χ1v) is 12.9. The molecule has 0 bridgehead atoms. The molecule has 4 aromatic rings. The Labute approximate surface area is 206 Å². The van der Waals surface area contributed by atoms with Crippen LogP contribution in [-0.2, 0) is 16.6 Å². The molecular weight excluding hydrogens is 520 g/mol. The summed E-state index contributed by atoms with van der Waals surface area (Å²) in [4.78, 5) is 4.56. The van der Waals surface area contributed by atoms with Crippen LogP contribution in [0.3, 0.4) is 0 Å². The molecule has 4 N–H and O–H groups in total. The van der Waals surface area contributed by atoms with Gasteiger partial charge in [0.1, 0.15) is 0 Å². The second kappa shape index (κ2) is 8.71. The van der Waals surface area contributed by atoms with Crippen molar-refractivity contribution >= 4 is 48.4 Å². The van der Waals surface area contributed by atoms with E-state index in [1.54, 1.807) is 61.3 Å². The quantitative estimate of drug-likeness (QED) is 0.318. The topological polar surface area (TPSA) is 128 Å². The summed E-state index contributed by atoms with van der Waals surface area (Å²) in [6.45, 7) is 7.54. The molecule has 0 fully saturated rings. The Morgan fingerprint density at radius 1 is 1.21 bits per heavy atom. The van der Waals surface area contributed by atoms with Crippen LogP contribution in [-0.4, -0.2) is 43.9 Å². The van der Waals surface area contributed by atoms with E-state index >= 15 is 0 Å². The fourth-order valence-corrected chi connectivity index (χ4v) is 6.19. The summed E-state index contributed by atoms with van der Waals surface area (Å²) in [7, 11) is -4.04. The highest BCUT2D eigenvalue weighted by atomic mass is 79.9. The van der Waals surface area contributed by atoms with Crippen molar-refractivity contribution in [2.75, 3.05) is 11.1 Å². The second-order valence-electron chi connectivity index (χ2n) is 9.07. The van der Waals surface area contributed by atoms with E-state index in [-0.39, 0.29) is 23.1 Å². The fourth-order valence-electron chi connectivity index (χ4n) is 3.78. The standard InChI is InChI=1S/C23H27BrN6O3S/c1-14(2)28-20-17(25)11-26-22-18(20)19(24)21(15-10-27-29(12-15)13-23(3,4)31)30(22)34(32,33)16-8-6-5-7-9-16/h5-12,14,31H,13,25H2,1-4H3,(H,26,28). The average Bonchev–Trinajstić information content (AvgIpc) is 3.31. The molecule has 4 rings (SSSR count). The first kappa shape index (κ1) is 24.2. The molecule has 0 spiro atoms. The number of fused-ring (bicyclic) bond motifs is 1. The Kier molecular flexibility index (Phi) is 6.21. The third kappa shape index (κ3) is 4.42. The van der Waals surface area contributed by atoms with Crippen molar-refractivity contribution in [3.8, 4) is 11.3 Å². The van der Waals surface area contributed by atoms with Crippen LogP contribution in [0.5, 0.6) is 0 Å². The van der Waals surface area contributed by atoms with E-state index in [1.165, 1.54) is 10.2 Å². The maximum Gasteiger partial charge on any atom is 0.269 e. The van der Waals surface area contributed by atoms with Crippen molar-refractivity contribution < 1.29 is 13.5 Å². The van der Waals surface area contributed by atoms with Gasteiger partial charge in [0.15, 0.2) is 5.65 Å². The van der Waals surface area contributed by atoms with Crippen molar-refractivity contribution in [3.05, 3.63) is 53.4 Å². The highest BCUT2D eigenvalue weighted by Gasteiger charge is 2.31. The van der Waals surface area contributed by atoms with Gasteiger partial charge in [0, 0.05) is 17.8 Å². The number of nitrogens with zero attached hydrogens (tertiary/aromatic N) is 4. The molecule has 0 radical (unpaired) electrons. The molecular formula is C23H27BrN6O3S. The molecule has 1 aromatic carbocycles. The third-order valence-electron chi connectivity index (χ3n) is 5.08. The molecule has 9 nitrogen and oxygen atoms in total. The summed E-state index contributed by atoms with van der Waals surface area (Å²) in [5, 5.41) is 18.4. The van der Waals surface area contributed by atoms with Gasteiger partial charge in [-0.05, 0) is 55.8 Å². The maximum atomic E-state index is 13.9. The first-order chi connectivity index (χ1) is 15.9. The van der Waals surface area contributed by atoms with Crippen molar-refractivity contribution in [1.29, 1.82) is 0 Å². The Morgan fingerprint density at radius 2 is 1.88 bits per heavy atom. The van der Waals surface area contributed by atoms with Gasteiger partial charge in [0.25, 0.3) is 10.0 Å². The number of nitrogen functional groups attached to an aromatic ring is 1. The van der Waals surface area contributed by atoms with Gasteiger partial charge in [0.05, 0.1) is 56.4 Å². The minimum atomic E-state index is -4.04. The lowest BCUT2D eigenvalue weighted by Crippen LogP contribution is -2.26. The van der Waals surface area contributed by atoms with E-state index in [2.05, 4.69) is 31.3 Å². The molecule has 34 heavy (non-hydrogen) atoms. The van der Waals surface area contributed by atoms with Crippen molar-refractivity contribution in [1.82, 2.24) is 18.7 Å². The predicted octanol–water partition coefficient (Wildman–Crippen LogP) is 4.07. The average molecular weight is 547 g/mol. The highest BCUT2D eigenvalue weighted by molar-refractivity contribution is 9.10. The number of aromatic nitrogens is 4. The van der Waals surface area contributed by atoms with E-state index in [0.717, 1.165) is 0 Å². The third-order valence-corrected chi connectivity index (χ3v) is 7.56. The lowest BCUT2D eigenvalue weighted by Gasteiger charge is -2.16. The van der Waals surface area contributed by atoms with Gasteiger partial charge in [-0.15, -0.1) is 0 Å². The minimum Gasteiger partial charge on any atom is -0.396 e. The van der Waals surface area contributed by atoms with Crippen LogP contribution in [0.1, 0.15) is 27.7 Å². The molecule has 0 saturated carbocycles. The van der Waals surface area contributed by atoms with Crippen LogP contribution < -0.4 is 11.1 Å². The number of anilines is 2. The van der Waals surface area contributed by atoms with E-state index in [0.29, 0.717) is 32.5 Å². The summed E-state index contributed by atoms with van der Waals surface area (Å²) in [5.41, 5.74) is 7.40. The molecule has 3 heterocycles. The van der Waals surface area contributed by atoms with Crippen molar-refractivity contribution in [2.45, 2.75) is 50.8 Å². The Morgan fingerprint density at radius 3 is 2.50 bits per heavy atom. The summed E-state index contributed by atoms with van der Waals surface area (Å²) in [6.07, 6.45) is 4.73. The molecule has 0 saturated heterocycles. The number of rotatable bonds is 7. The Balaban J connectivity index is 2.07. The lowest BCUT2D eigenvalue weighted by molar-refractivity contribution is 0.0577. The minimum absolute atomic E-state index is 0.0480. The smallest absolute Gasteiger partial charge is 0.269 e. The van der Waals surface area contributed by atoms with Crippen LogP contribution in [0.4, 0.5) is 11.4 Å². The first-order valence-electron chi connectivity index (χ1n) is 10.7. The molecule has 0 atom stereocenters. The van der Waals surface area contributed by atoms with Crippen LogP contribution in [0.2, 0.25) is 0 Å². The molecule has 0 aliphatic carbocycles. The summed E-state index contributed by atoms with van der Waals surface area (Å²) < 4.78 is 31.1. The number of hydrogen-bond acceptors (Lipinski definition) is 7. The van der Waals surface area contributed by atoms with Crippen LogP contribution >= 0.6 is 15.9 Å². The number of nitrogens with two attached hydrogens (primary N) is 1. The van der Waals surface area contributed by atoms with Crippen molar-refractivity contribution in [3.63, 3.8) is 0 Å². The van der Waals surface area contributed by atoms with Gasteiger partial charge in [-0.25, -0.2) is 17.4 Å². The monoisotopic (exact) mass is 546 g/mol. The van der Waals surface area contributed by atoms with E-state index in [1.807, 2.05) is 13.8 Å². The zero-order valence-electron chi connectivity index (χ0n) is 19.3. The highest BCUT2D eigenvalue weighted by Crippen LogP contribution is 2.44. The van der Waals surface area contributed by atoms with Crippen molar-refractivity contribution in [2.24, 2.45) is 0 Å². The second-order valence-corrected chi connectivity index (χ2v) is 11.6. The normalized spacial score (nSPS) is 12.6. The fraction of sp³-hybridized carbons (Fsp3) is 0.304. The lowest BCUT2D eigenvalue weighted by atomic mass is 10.1. The van der Waals surface area contributed by atoms with Gasteiger partial charge in [0.2, 0.25) is 0 Å². The molecule has 0 unspecified atom stereocenters. The molecule has 0 aliphatic rings. The van der Waals surface area contributed by atoms with E-state index < -0.39 is 15.6 Å². The number of benzene rings is 1. The largest absolute Gasteiger partial charge is 0.396 e. The number of hydrogen-bond donors (Lipinski definition) is 3. The number of nitrogens with one attached hydrogen (secondary N) is 1. The van der Waals surface area contributed by atoms with E-state index in [4.69, 9.17) is 5.73 Å². The molecule has 3 aromatic heterocycles.